The van der Waals surface area contributed by atoms with Crippen LogP contribution in [0.5, 0.6) is 0 Å². The van der Waals surface area contributed by atoms with Gasteiger partial charge in [0, 0.05) is 25.6 Å². The van der Waals surface area contributed by atoms with E-state index >= 15 is 0 Å². The van der Waals surface area contributed by atoms with E-state index < -0.39 is 5.60 Å². The molecule has 2 N–H and O–H groups in total. The Balaban J connectivity index is 3.02. The van der Waals surface area contributed by atoms with Crippen molar-refractivity contribution in [2.75, 3.05) is 18.5 Å². The zero-order valence-corrected chi connectivity index (χ0v) is 11.1. The highest BCUT2D eigenvalue weighted by Crippen LogP contribution is 2.14. The van der Waals surface area contributed by atoms with Crippen LogP contribution >= 0.6 is 0 Å². The standard InChI is InChI=1S/C12H21N3O2/c1-8(2)11-13-9(6-10(16)14-11)15(5)7-12(3,4)17/h6,8,17H,7H2,1-5H3,(H,13,14,16). The highest BCUT2D eigenvalue weighted by atomic mass is 16.3. The van der Waals surface area contributed by atoms with E-state index in [1.807, 2.05) is 20.9 Å². The molecule has 0 unspecified atom stereocenters. The lowest BCUT2D eigenvalue weighted by molar-refractivity contribution is 0.0884. The van der Waals surface area contributed by atoms with E-state index in [0.717, 1.165) is 0 Å². The van der Waals surface area contributed by atoms with E-state index in [9.17, 15) is 9.90 Å². The Morgan fingerprint density at radius 3 is 2.59 bits per heavy atom. The Bertz CT molecular complexity index is 432. The zero-order valence-electron chi connectivity index (χ0n) is 11.1. The number of aromatic amines is 1. The first-order chi connectivity index (χ1) is 7.69. The molecule has 0 saturated carbocycles. The molecular formula is C12H21N3O2. The monoisotopic (exact) mass is 239 g/mol. The Labute approximate surface area is 102 Å². The molecule has 0 spiro atoms. The summed E-state index contributed by atoms with van der Waals surface area (Å²) in [4.78, 5) is 20.4. The van der Waals surface area contributed by atoms with Crippen LogP contribution in [-0.4, -0.2) is 34.3 Å². The number of H-pyrrole nitrogens is 1. The first-order valence-electron chi connectivity index (χ1n) is 5.74. The number of nitrogens with one attached hydrogen (secondary N) is 1. The maximum absolute atomic E-state index is 11.5. The van der Waals surface area contributed by atoms with Crippen molar-refractivity contribution < 1.29 is 5.11 Å². The van der Waals surface area contributed by atoms with Crippen LogP contribution in [0.3, 0.4) is 0 Å². The Kier molecular flexibility index (Phi) is 3.93. The van der Waals surface area contributed by atoms with Crippen LogP contribution in [0.4, 0.5) is 5.82 Å². The molecule has 0 aromatic carbocycles. The van der Waals surface area contributed by atoms with Crippen LogP contribution in [0.1, 0.15) is 39.4 Å². The predicted molar refractivity (Wildman–Crippen MR) is 68.5 cm³/mol. The average molecular weight is 239 g/mol. The summed E-state index contributed by atoms with van der Waals surface area (Å²) in [5, 5.41) is 9.74. The number of hydrogen-bond donors (Lipinski definition) is 2. The fraction of sp³-hybridized carbons (Fsp3) is 0.667. The van der Waals surface area contributed by atoms with Gasteiger partial charge in [-0.05, 0) is 13.8 Å². The summed E-state index contributed by atoms with van der Waals surface area (Å²) in [5.41, 5.74) is -0.988. The van der Waals surface area contributed by atoms with Crippen molar-refractivity contribution in [3.05, 3.63) is 22.2 Å². The van der Waals surface area contributed by atoms with Gasteiger partial charge in [0.05, 0.1) is 5.60 Å². The number of anilines is 1. The van der Waals surface area contributed by atoms with Crippen molar-refractivity contribution in [2.45, 2.75) is 39.2 Å². The van der Waals surface area contributed by atoms with Crippen LogP contribution in [0.25, 0.3) is 0 Å². The van der Waals surface area contributed by atoms with E-state index in [2.05, 4.69) is 9.97 Å². The van der Waals surface area contributed by atoms with Gasteiger partial charge in [-0.25, -0.2) is 4.98 Å². The molecule has 0 bridgehead atoms. The number of aromatic nitrogens is 2. The van der Waals surface area contributed by atoms with Crippen LogP contribution in [0.15, 0.2) is 10.9 Å². The summed E-state index contributed by atoms with van der Waals surface area (Å²) in [7, 11) is 1.81. The average Bonchev–Trinajstić information content (AvgIpc) is 2.13. The minimum Gasteiger partial charge on any atom is -0.389 e. The van der Waals surface area contributed by atoms with Gasteiger partial charge in [0.15, 0.2) is 0 Å². The molecule has 0 saturated heterocycles. The van der Waals surface area contributed by atoms with Crippen molar-refractivity contribution in [3.8, 4) is 0 Å². The molecule has 5 heteroatoms. The molecule has 0 radical (unpaired) electrons. The highest BCUT2D eigenvalue weighted by molar-refractivity contribution is 5.37. The molecule has 1 heterocycles. The molecule has 0 amide bonds. The molecule has 5 nitrogen and oxygen atoms in total. The summed E-state index contributed by atoms with van der Waals surface area (Å²) in [6.07, 6.45) is 0. The van der Waals surface area contributed by atoms with Crippen LogP contribution in [-0.2, 0) is 0 Å². The molecule has 96 valence electrons. The fourth-order valence-electron chi connectivity index (χ4n) is 1.59. The summed E-state index contributed by atoms with van der Waals surface area (Å²) < 4.78 is 0. The lowest BCUT2D eigenvalue weighted by Crippen LogP contribution is -2.37. The molecule has 17 heavy (non-hydrogen) atoms. The van der Waals surface area contributed by atoms with Crippen molar-refractivity contribution in [1.29, 1.82) is 0 Å². The number of rotatable bonds is 4. The van der Waals surface area contributed by atoms with Gasteiger partial charge in [-0.15, -0.1) is 0 Å². The van der Waals surface area contributed by atoms with Crippen molar-refractivity contribution in [3.63, 3.8) is 0 Å². The molecule has 1 aromatic rings. The van der Waals surface area contributed by atoms with E-state index in [-0.39, 0.29) is 11.5 Å². The number of likely N-dealkylation sites (N-methyl/N-ethyl adjacent to an activating group) is 1. The Morgan fingerprint density at radius 1 is 1.53 bits per heavy atom. The third kappa shape index (κ3) is 4.19. The largest absolute Gasteiger partial charge is 0.389 e. The molecule has 1 rings (SSSR count). The van der Waals surface area contributed by atoms with Gasteiger partial charge in [-0.2, -0.15) is 0 Å². The summed E-state index contributed by atoms with van der Waals surface area (Å²) in [5.74, 6) is 1.41. The van der Waals surface area contributed by atoms with Gasteiger partial charge < -0.3 is 15.0 Å². The minimum absolute atomic E-state index is 0.165. The predicted octanol–water partition coefficient (Wildman–Crippen LogP) is 1.10. The lowest BCUT2D eigenvalue weighted by Gasteiger charge is -2.26. The van der Waals surface area contributed by atoms with Gasteiger partial charge >= 0.3 is 0 Å². The maximum Gasteiger partial charge on any atom is 0.252 e. The minimum atomic E-state index is -0.822. The first-order valence-corrected chi connectivity index (χ1v) is 5.74. The Morgan fingerprint density at radius 2 is 2.12 bits per heavy atom. The number of aliphatic hydroxyl groups is 1. The topological polar surface area (TPSA) is 69.2 Å². The van der Waals surface area contributed by atoms with Crippen molar-refractivity contribution in [2.24, 2.45) is 0 Å². The summed E-state index contributed by atoms with van der Waals surface area (Å²) in [6.45, 7) is 7.80. The number of nitrogens with zero attached hydrogens (tertiary/aromatic N) is 2. The maximum atomic E-state index is 11.5. The summed E-state index contributed by atoms with van der Waals surface area (Å²) >= 11 is 0. The SMILES string of the molecule is CC(C)c1nc(N(C)CC(C)(C)O)cc(=O)[nH]1. The van der Waals surface area contributed by atoms with Gasteiger partial charge in [0.25, 0.3) is 5.56 Å². The van der Waals surface area contributed by atoms with E-state index in [1.54, 1.807) is 18.7 Å². The van der Waals surface area contributed by atoms with Crippen molar-refractivity contribution in [1.82, 2.24) is 9.97 Å². The second-order valence-electron chi connectivity index (χ2n) is 5.31. The van der Waals surface area contributed by atoms with Crippen LogP contribution in [0.2, 0.25) is 0 Å². The fourth-order valence-corrected chi connectivity index (χ4v) is 1.59. The smallest absolute Gasteiger partial charge is 0.252 e. The molecule has 0 aliphatic carbocycles. The Hall–Kier alpha value is -1.36. The normalized spacial score (nSPS) is 11.9. The zero-order chi connectivity index (χ0) is 13.2. The number of hydrogen-bond acceptors (Lipinski definition) is 4. The molecular weight excluding hydrogens is 218 g/mol. The van der Waals surface area contributed by atoms with Gasteiger partial charge in [0.1, 0.15) is 11.6 Å². The van der Waals surface area contributed by atoms with Gasteiger partial charge in [-0.1, -0.05) is 13.8 Å². The van der Waals surface area contributed by atoms with Crippen LogP contribution in [0, 0.1) is 0 Å². The second-order valence-corrected chi connectivity index (χ2v) is 5.31. The third-order valence-electron chi connectivity index (χ3n) is 2.31. The van der Waals surface area contributed by atoms with E-state index in [0.29, 0.717) is 18.2 Å². The lowest BCUT2D eigenvalue weighted by atomic mass is 10.1. The molecule has 0 aliphatic rings. The molecule has 0 atom stereocenters. The van der Waals surface area contributed by atoms with Gasteiger partial charge in [0.2, 0.25) is 0 Å². The molecule has 0 fully saturated rings. The highest BCUT2D eigenvalue weighted by Gasteiger charge is 2.17. The second kappa shape index (κ2) is 4.87. The quantitative estimate of drug-likeness (QED) is 0.825. The van der Waals surface area contributed by atoms with Crippen molar-refractivity contribution >= 4 is 5.82 Å². The van der Waals surface area contributed by atoms with E-state index in [4.69, 9.17) is 0 Å². The third-order valence-corrected chi connectivity index (χ3v) is 2.31. The van der Waals surface area contributed by atoms with E-state index in [1.165, 1.54) is 6.07 Å². The summed E-state index contributed by atoms with van der Waals surface area (Å²) in [6, 6.07) is 1.44. The van der Waals surface area contributed by atoms with Gasteiger partial charge in [-0.3, -0.25) is 4.79 Å². The molecule has 0 aliphatic heterocycles. The molecule has 1 aromatic heterocycles. The first kappa shape index (κ1) is 13.7. The van der Waals surface area contributed by atoms with Crippen LogP contribution < -0.4 is 10.5 Å².